The standard InChI is InChI=1S/Na.Nd.HO3S.H/c;;1-4(2)3;/h;;(H,1,2,3);/q+1;;2*-1. The van der Waals surface area contributed by atoms with Gasteiger partial charge in [-0.3, -0.25) is 0 Å². The second-order valence-electron chi connectivity index (χ2n) is 0.217. The molecule has 0 aromatic heterocycles. The second kappa shape index (κ2) is 10.3. The van der Waals surface area contributed by atoms with Crippen LogP contribution in [0.15, 0.2) is 0 Å². The molecule has 3 nitrogen and oxygen atoms in total. The molecule has 0 spiro atoms. The third-order valence-corrected chi connectivity index (χ3v) is 0. The van der Waals surface area contributed by atoms with E-state index in [-0.39, 0.29) is 71.8 Å². The molecule has 0 aromatic carbocycles. The van der Waals surface area contributed by atoms with Crippen LogP contribution < -0.4 is 29.6 Å². The van der Waals surface area contributed by atoms with Crippen molar-refractivity contribution in [2.24, 2.45) is 0 Å². The van der Waals surface area contributed by atoms with Crippen LogP contribution in [0.5, 0.6) is 0 Å². The zero-order chi connectivity index (χ0) is 3.58. The Hall–Kier alpha value is 2.26. The van der Waals surface area contributed by atoms with E-state index in [4.69, 9.17) is 13.0 Å². The Morgan fingerprint density at radius 3 is 1.50 bits per heavy atom. The van der Waals surface area contributed by atoms with Gasteiger partial charge in [-0.05, 0) is 0 Å². The Kier molecular flexibility index (Phi) is 27.0. The molecule has 6 heteroatoms. The van der Waals surface area contributed by atoms with Gasteiger partial charge in [0.1, 0.15) is 0 Å². The van der Waals surface area contributed by atoms with Gasteiger partial charge in [0.05, 0.1) is 0 Å². The summed E-state index contributed by atoms with van der Waals surface area (Å²) in [6.07, 6.45) is 0. The van der Waals surface area contributed by atoms with Crippen LogP contribution >= 0.6 is 0 Å². The molecule has 0 aliphatic rings. The summed E-state index contributed by atoms with van der Waals surface area (Å²) in [5.74, 6) is 0. The maximum absolute atomic E-state index is 8.56. The van der Waals surface area contributed by atoms with Gasteiger partial charge in [-0.1, -0.05) is 0 Å². The minimum Gasteiger partial charge on any atom is -1.00 e. The first kappa shape index (κ1) is 15.7. The van der Waals surface area contributed by atoms with Gasteiger partial charge in [0, 0.05) is 51.8 Å². The van der Waals surface area contributed by atoms with Crippen LogP contribution in [0.3, 0.4) is 0 Å². The van der Waals surface area contributed by atoms with E-state index in [2.05, 4.69) is 0 Å². The average molecular weight is 249 g/mol. The first-order chi connectivity index (χ1) is 1.73. The Bertz CT molecular complexity index is 63.3. The summed E-state index contributed by atoms with van der Waals surface area (Å²) >= 11 is 0. The summed E-state index contributed by atoms with van der Waals surface area (Å²) in [5.41, 5.74) is 0. The van der Waals surface area contributed by atoms with Crippen molar-refractivity contribution in [1.29, 1.82) is 0 Å². The van der Waals surface area contributed by atoms with Crippen molar-refractivity contribution in [1.82, 2.24) is 0 Å². The zero-order valence-corrected chi connectivity index (χ0v) is 9.20. The smallest absolute Gasteiger partial charge is 1.00 e. The predicted octanol–water partition coefficient (Wildman–Crippen LogP) is -3.11. The molecule has 32 valence electrons. The molecule has 0 bridgehead atoms. The average Bonchev–Trinajstić information content (AvgIpc) is 0.811. The molecule has 0 fully saturated rings. The molecule has 0 atom stereocenters. The number of hydrogen-bond acceptors (Lipinski definition) is 3. The minimum atomic E-state index is -2.86. The van der Waals surface area contributed by atoms with E-state index >= 15 is 0 Å². The summed E-state index contributed by atoms with van der Waals surface area (Å²) in [6.45, 7) is 0. The van der Waals surface area contributed by atoms with Crippen molar-refractivity contribution in [2.75, 3.05) is 0 Å². The quantitative estimate of drug-likeness (QED) is 0.214. The molecule has 0 aliphatic heterocycles. The van der Waals surface area contributed by atoms with E-state index in [1.54, 1.807) is 0 Å². The summed E-state index contributed by atoms with van der Waals surface area (Å²) in [5, 5.41) is 0. The summed E-state index contributed by atoms with van der Waals surface area (Å²) in [6, 6.07) is 0. The first-order valence-corrected chi connectivity index (χ1v) is 1.55. The largest absolute Gasteiger partial charge is 1.00 e. The van der Waals surface area contributed by atoms with E-state index in [1.165, 1.54) is 0 Å². The van der Waals surface area contributed by atoms with Crippen molar-refractivity contribution < 1.29 is 84.8 Å². The van der Waals surface area contributed by atoms with Crippen LogP contribution in [0, 0.1) is 40.8 Å². The maximum Gasteiger partial charge on any atom is 1.00 e. The molecule has 0 amide bonds. The van der Waals surface area contributed by atoms with Gasteiger partial charge in [-0.25, -0.2) is 0 Å². The van der Waals surface area contributed by atoms with Crippen LogP contribution in [0.4, 0.5) is 0 Å². The van der Waals surface area contributed by atoms with Gasteiger partial charge in [0.2, 0.25) is 0 Å². The molecule has 0 heterocycles. The molecule has 0 aliphatic carbocycles. The summed E-state index contributed by atoms with van der Waals surface area (Å²) in [4.78, 5) is 0. The molecule has 0 aromatic rings. The fourth-order valence-electron chi connectivity index (χ4n) is 0. The van der Waals surface area contributed by atoms with E-state index < -0.39 is 11.0 Å². The molecule has 0 rings (SSSR count). The number of hydrogen-bond donors (Lipinski definition) is 1. The normalized spacial score (nSPS) is 5.67. The molecule has 1 N–H and O–H groups in total. The van der Waals surface area contributed by atoms with E-state index in [0.29, 0.717) is 0 Å². The van der Waals surface area contributed by atoms with Crippen LogP contribution in [0.1, 0.15) is 1.43 Å². The Morgan fingerprint density at radius 2 is 1.50 bits per heavy atom. The van der Waals surface area contributed by atoms with E-state index in [1.807, 2.05) is 0 Å². The summed E-state index contributed by atoms with van der Waals surface area (Å²) in [7, 11) is -2.86. The number of rotatable bonds is 0. The molecule has 0 radical (unpaired) electrons. The van der Waals surface area contributed by atoms with Gasteiger partial charge in [-0.15, -0.1) is 0 Å². The van der Waals surface area contributed by atoms with Crippen molar-refractivity contribution in [2.45, 2.75) is 0 Å². The molecular weight excluding hydrogens is 247 g/mol. The van der Waals surface area contributed by atoms with Gasteiger partial charge < -0.3 is 14.4 Å². The molecule has 0 unspecified atom stereocenters. The fourth-order valence-corrected chi connectivity index (χ4v) is 0. The molecule has 0 saturated carbocycles. The van der Waals surface area contributed by atoms with E-state index in [9.17, 15) is 0 Å². The third kappa shape index (κ3) is 33.9. The van der Waals surface area contributed by atoms with E-state index in [0.717, 1.165) is 0 Å². The Labute approximate surface area is 94.0 Å². The van der Waals surface area contributed by atoms with Gasteiger partial charge in [0.25, 0.3) is 0 Å². The Morgan fingerprint density at radius 1 is 1.50 bits per heavy atom. The zero-order valence-electron chi connectivity index (χ0n) is 4.17. The van der Waals surface area contributed by atoms with Crippen molar-refractivity contribution >= 4 is 11.0 Å². The van der Waals surface area contributed by atoms with Crippen LogP contribution in [-0.2, 0) is 19.4 Å². The first-order valence-electron chi connectivity index (χ1n) is 0.516. The minimum absolute atomic E-state index is 0. The third-order valence-electron chi connectivity index (χ3n) is 0. The van der Waals surface area contributed by atoms with Gasteiger partial charge in [-0.2, -0.15) is 0 Å². The second-order valence-corrected chi connectivity index (χ2v) is 0.651. The predicted molar refractivity (Wildman–Crippen MR) is 12.5 cm³/mol. The van der Waals surface area contributed by atoms with Gasteiger partial charge in [0.15, 0.2) is 0 Å². The maximum atomic E-state index is 8.56. The Balaban J connectivity index is -0.0000000150. The van der Waals surface area contributed by atoms with Crippen molar-refractivity contribution in [3.8, 4) is 0 Å². The topological polar surface area (TPSA) is 54.4 Å². The molecule has 6 heavy (non-hydrogen) atoms. The molecule has 0 saturated heterocycles. The van der Waals surface area contributed by atoms with Crippen molar-refractivity contribution in [3.63, 3.8) is 0 Å². The SMILES string of the molecule is O=[S-](=O)O.[H-].[Na+].[Nd]. The van der Waals surface area contributed by atoms with Crippen LogP contribution in [0.2, 0.25) is 0 Å². The van der Waals surface area contributed by atoms with Gasteiger partial charge >= 0.3 is 29.6 Å². The van der Waals surface area contributed by atoms with Crippen LogP contribution in [-0.4, -0.2) is 4.55 Å². The van der Waals surface area contributed by atoms with Crippen LogP contribution in [0.25, 0.3) is 0 Å². The summed E-state index contributed by atoms with van der Waals surface area (Å²) < 4.78 is 24.1. The fraction of sp³-hybridized carbons (Fsp3) is 0. The monoisotopic (exact) mass is 247 g/mol. The molecular formula is H2NaNdO3S-. The van der Waals surface area contributed by atoms with Crippen molar-refractivity contribution in [3.05, 3.63) is 0 Å².